The van der Waals surface area contributed by atoms with Crippen molar-refractivity contribution in [2.75, 3.05) is 6.54 Å². The van der Waals surface area contributed by atoms with Crippen molar-refractivity contribution >= 4 is 10.9 Å². The third-order valence-corrected chi connectivity index (χ3v) is 5.70. The van der Waals surface area contributed by atoms with Crippen LogP contribution in [0.2, 0.25) is 0 Å². The maximum Gasteiger partial charge on any atom is 0.258 e. The van der Waals surface area contributed by atoms with Gasteiger partial charge in [-0.05, 0) is 61.4 Å². The van der Waals surface area contributed by atoms with Crippen LogP contribution in [-0.4, -0.2) is 22.1 Å². The van der Waals surface area contributed by atoms with Crippen molar-refractivity contribution in [3.8, 4) is 11.4 Å². The molecule has 5 nitrogen and oxygen atoms in total. The van der Waals surface area contributed by atoms with Gasteiger partial charge in [-0.3, -0.25) is 14.3 Å². The molecule has 0 fully saturated rings. The molecule has 2 heterocycles. The van der Waals surface area contributed by atoms with Crippen molar-refractivity contribution in [2.24, 2.45) is 0 Å². The number of fused-ring (bicyclic) bond motifs is 1. The zero-order valence-electron chi connectivity index (χ0n) is 18.9. The van der Waals surface area contributed by atoms with E-state index in [2.05, 4.69) is 25.2 Å². The minimum Gasteiger partial charge on any atom is -0.489 e. The summed E-state index contributed by atoms with van der Waals surface area (Å²) in [5.41, 5.74) is 3.37. The normalized spacial score (nSPS) is 12.1. The summed E-state index contributed by atoms with van der Waals surface area (Å²) in [6, 6.07) is 19.7. The molecule has 0 saturated carbocycles. The number of rotatable bonds is 9. The van der Waals surface area contributed by atoms with Gasteiger partial charge in [-0.1, -0.05) is 25.1 Å². The van der Waals surface area contributed by atoms with E-state index in [9.17, 15) is 9.18 Å². The van der Waals surface area contributed by atoms with Crippen LogP contribution in [-0.2, 0) is 13.0 Å². The van der Waals surface area contributed by atoms with E-state index >= 15 is 0 Å². The van der Waals surface area contributed by atoms with Crippen LogP contribution in [0, 0.1) is 5.82 Å². The molecule has 0 unspecified atom stereocenters. The summed E-state index contributed by atoms with van der Waals surface area (Å²) in [6.07, 6.45) is 3.68. The summed E-state index contributed by atoms with van der Waals surface area (Å²) < 4.78 is 20.3. The second-order valence-corrected chi connectivity index (χ2v) is 8.18. The van der Waals surface area contributed by atoms with Crippen LogP contribution >= 0.6 is 0 Å². The number of nitrogens with one attached hydrogen (secondary N) is 1. The minimum atomic E-state index is -0.290. The third-order valence-electron chi connectivity index (χ3n) is 5.70. The molecule has 0 aliphatic carbocycles. The van der Waals surface area contributed by atoms with Gasteiger partial charge in [-0.15, -0.1) is 0 Å². The maximum atomic E-state index is 13.0. The van der Waals surface area contributed by atoms with Gasteiger partial charge in [0.2, 0.25) is 0 Å². The molecular formula is C27H28FN3O2. The fraction of sp³-hybridized carbons (Fsp3) is 0.259. The lowest BCUT2D eigenvalue weighted by Gasteiger charge is -2.11. The number of aromatic nitrogens is 2. The van der Waals surface area contributed by atoms with Gasteiger partial charge in [0, 0.05) is 48.0 Å². The van der Waals surface area contributed by atoms with E-state index in [1.54, 1.807) is 29.0 Å². The van der Waals surface area contributed by atoms with E-state index in [1.807, 2.05) is 24.3 Å². The summed E-state index contributed by atoms with van der Waals surface area (Å²) in [5.74, 6) is 0.181. The quantitative estimate of drug-likeness (QED) is 0.392. The lowest BCUT2D eigenvalue weighted by molar-refractivity contribution is 0.305. The molecule has 2 aromatic carbocycles. The Kier molecular flexibility index (Phi) is 7.15. The summed E-state index contributed by atoms with van der Waals surface area (Å²) in [4.78, 5) is 17.5. The predicted octanol–water partition coefficient (Wildman–Crippen LogP) is 5.03. The summed E-state index contributed by atoms with van der Waals surface area (Å²) in [5, 5.41) is 4.47. The fourth-order valence-corrected chi connectivity index (χ4v) is 3.55. The van der Waals surface area contributed by atoms with Gasteiger partial charge >= 0.3 is 0 Å². The minimum absolute atomic E-state index is 0.188. The van der Waals surface area contributed by atoms with E-state index in [0.717, 1.165) is 47.2 Å². The average Bonchev–Trinajstić information content (AvgIpc) is 2.83. The molecule has 0 saturated heterocycles. The lowest BCUT2D eigenvalue weighted by atomic mass is 10.1. The number of hydrogen-bond donors (Lipinski definition) is 1. The number of benzene rings is 2. The lowest BCUT2D eigenvalue weighted by Crippen LogP contribution is -2.27. The first-order valence-electron chi connectivity index (χ1n) is 11.3. The van der Waals surface area contributed by atoms with E-state index < -0.39 is 0 Å². The maximum absolute atomic E-state index is 13.0. The van der Waals surface area contributed by atoms with Crippen molar-refractivity contribution in [3.63, 3.8) is 0 Å². The summed E-state index contributed by atoms with van der Waals surface area (Å²) in [6.45, 7) is 5.52. The SMILES string of the molecule is CC[C@H](C)NCCc1ccc2cc(-n3ccc(OCc4ccc(F)cc4)cc3=O)ccc2n1. The van der Waals surface area contributed by atoms with Crippen LogP contribution < -0.4 is 15.6 Å². The molecule has 4 rings (SSSR count). The molecule has 0 bridgehead atoms. The van der Waals surface area contributed by atoms with Crippen LogP contribution in [0.1, 0.15) is 31.5 Å². The van der Waals surface area contributed by atoms with Gasteiger partial charge in [-0.25, -0.2) is 4.39 Å². The highest BCUT2D eigenvalue weighted by Crippen LogP contribution is 2.18. The molecule has 170 valence electrons. The molecule has 6 heteroatoms. The number of hydrogen-bond acceptors (Lipinski definition) is 4. The summed E-state index contributed by atoms with van der Waals surface area (Å²) >= 11 is 0. The van der Waals surface area contributed by atoms with Gasteiger partial charge < -0.3 is 10.1 Å². The molecular weight excluding hydrogens is 417 g/mol. The Morgan fingerprint density at radius 1 is 1.06 bits per heavy atom. The van der Waals surface area contributed by atoms with Crippen molar-refractivity contribution < 1.29 is 9.13 Å². The molecule has 1 atom stereocenters. The smallest absolute Gasteiger partial charge is 0.258 e. The zero-order valence-corrected chi connectivity index (χ0v) is 18.9. The predicted molar refractivity (Wildman–Crippen MR) is 130 cm³/mol. The highest BCUT2D eigenvalue weighted by atomic mass is 19.1. The Hall–Kier alpha value is -3.51. The van der Waals surface area contributed by atoms with Crippen LogP contribution in [0.15, 0.2) is 77.7 Å². The molecule has 4 aromatic rings. The van der Waals surface area contributed by atoms with Crippen LogP contribution in [0.5, 0.6) is 5.75 Å². The first-order valence-corrected chi connectivity index (χ1v) is 11.3. The van der Waals surface area contributed by atoms with Crippen LogP contribution in [0.25, 0.3) is 16.6 Å². The van der Waals surface area contributed by atoms with Crippen LogP contribution in [0.3, 0.4) is 0 Å². The Balaban J connectivity index is 1.45. The molecule has 0 spiro atoms. The number of nitrogens with zero attached hydrogens (tertiary/aromatic N) is 2. The second-order valence-electron chi connectivity index (χ2n) is 8.18. The van der Waals surface area contributed by atoms with Gasteiger partial charge in [-0.2, -0.15) is 0 Å². The average molecular weight is 446 g/mol. The van der Waals surface area contributed by atoms with Crippen molar-refractivity contribution in [1.82, 2.24) is 14.9 Å². The number of halogens is 1. The van der Waals surface area contributed by atoms with Crippen molar-refractivity contribution in [1.29, 1.82) is 0 Å². The standard InChI is InChI=1S/C27H28FN3O2/c1-3-19(2)29-14-12-23-9-6-21-16-24(10-11-26(21)30-23)31-15-13-25(17-27(31)32)33-18-20-4-7-22(28)8-5-20/h4-11,13,15-17,19,29H,3,12,14,18H2,1-2H3/t19-/m0/s1. The molecule has 0 amide bonds. The van der Waals surface area contributed by atoms with E-state index in [-0.39, 0.29) is 18.0 Å². The van der Waals surface area contributed by atoms with Gasteiger partial charge in [0.05, 0.1) is 5.52 Å². The molecule has 0 aliphatic rings. The summed E-state index contributed by atoms with van der Waals surface area (Å²) in [7, 11) is 0. The van der Waals surface area contributed by atoms with Gasteiger partial charge in [0.1, 0.15) is 18.2 Å². The first kappa shape index (κ1) is 22.7. The zero-order chi connectivity index (χ0) is 23.2. The Morgan fingerprint density at radius 3 is 2.64 bits per heavy atom. The van der Waals surface area contributed by atoms with E-state index in [4.69, 9.17) is 9.72 Å². The highest BCUT2D eigenvalue weighted by Gasteiger charge is 2.06. The topological polar surface area (TPSA) is 56.2 Å². The molecule has 0 aliphatic heterocycles. The second kappa shape index (κ2) is 10.4. The van der Waals surface area contributed by atoms with Gasteiger partial charge in [0.25, 0.3) is 5.56 Å². The van der Waals surface area contributed by atoms with Crippen molar-refractivity contribution in [3.05, 3.63) is 100 Å². The molecule has 33 heavy (non-hydrogen) atoms. The molecule has 1 N–H and O–H groups in total. The molecule has 2 aromatic heterocycles. The molecule has 0 radical (unpaired) electrons. The van der Waals surface area contributed by atoms with E-state index in [1.165, 1.54) is 18.2 Å². The Labute approximate surface area is 192 Å². The monoisotopic (exact) mass is 445 g/mol. The fourth-order valence-electron chi connectivity index (χ4n) is 3.55. The number of ether oxygens (including phenoxy) is 1. The van der Waals surface area contributed by atoms with Crippen LogP contribution in [0.4, 0.5) is 4.39 Å². The Morgan fingerprint density at radius 2 is 1.88 bits per heavy atom. The van der Waals surface area contributed by atoms with Gasteiger partial charge in [0.15, 0.2) is 0 Å². The Bertz CT molecular complexity index is 1280. The van der Waals surface area contributed by atoms with Crippen molar-refractivity contribution in [2.45, 2.75) is 39.3 Å². The number of pyridine rings is 2. The highest BCUT2D eigenvalue weighted by molar-refractivity contribution is 5.81. The first-order chi connectivity index (χ1) is 16.0. The van der Waals surface area contributed by atoms with E-state index in [0.29, 0.717) is 11.8 Å². The third kappa shape index (κ3) is 5.84. The largest absolute Gasteiger partial charge is 0.489 e.